The highest BCUT2D eigenvalue weighted by Gasteiger charge is 2.17. The summed E-state index contributed by atoms with van der Waals surface area (Å²) in [6.07, 6.45) is 5.75. The summed E-state index contributed by atoms with van der Waals surface area (Å²) in [5.74, 6) is 1.08. The molecule has 0 saturated heterocycles. The van der Waals surface area contributed by atoms with Crippen LogP contribution in [-0.2, 0) is 0 Å². The van der Waals surface area contributed by atoms with Crippen LogP contribution < -0.4 is 4.74 Å². The number of carbonyl (C=O) groups is 1. The Kier molecular flexibility index (Phi) is 9.12. The first-order chi connectivity index (χ1) is 20.7. The monoisotopic (exact) mass is 588 g/mol. The average molecular weight is 589 g/mol. The van der Waals surface area contributed by atoms with E-state index < -0.39 is 16.0 Å². The Morgan fingerprint density at radius 2 is 1.42 bits per heavy atom. The third-order valence-electron chi connectivity index (χ3n) is 7.34. The molecule has 0 aromatic heterocycles. The highest BCUT2D eigenvalue weighted by molar-refractivity contribution is 8.32. The van der Waals surface area contributed by atoms with E-state index in [4.69, 9.17) is 4.74 Å². The molecular formula is C36H36N4O2S. The van der Waals surface area contributed by atoms with E-state index >= 15 is 0 Å². The van der Waals surface area contributed by atoms with Crippen LogP contribution in [0.25, 0.3) is 10.8 Å². The fraction of sp³-hybridized carbons (Fsp3) is 0.194. The summed E-state index contributed by atoms with van der Waals surface area (Å²) in [4.78, 5) is 14.5. The van der Waals surface area contributed by atoms with E-state index in [1.54, 1.807) is 6.07 Å². The number of hydrogen-bond acceptors (Lipinski definition) is 6. The molecule has 0 unspecified atom stereocenters. The van der Waals surface area contributed by atoms with Crippen LogP contribution in [0.4, 0.5) is 22.7 Å². The molecule has 0 heterocycles. The Hall–Kier alpha value is -4.62. The van der Waals surface area contributed by atoms with Crippen LogP contribution in [0.2, 0.25) is 0 Å². The number of azo groups is 2. The van der Waals surface area contributed by atoms with Gasteiger partial charge in [-0.25, -0.2) is 14.8 Å². The number of hydrogen-bond donors (Lipinski definition) is 0. The topological polar surface area (TPSA) is 75.7 Å². The molecule has 0 aliphatic heterocycles. The van der Waals surface area contributed by atoms with Crippen molar-refractivity contribution in [2.45, 2.75) is 32.1 Å². The Balaban J connectivity index is 1.41. The van der Waals surface area contributed by atoms with Crippen LogP contribution in [0.3, 0.4) is 0 Å². The molecule has 0 aliphatic rings. The van der Waals surface area contributed by atoms with E-state index in [1.165, 1.54) is 4.90 Å². The van der Waals surface area contributed by atoms with Gasteiger partial charge in [-0.2, -0.15) is 15.3 Å². The molecule has 0 N–H and O–H groups in total. The number of esters is 1. The van der Waals surface area contributed by atoms with Crippen LogP contribution in [0, 0.1) is 13.8 Å². The fourth-order valence-corrected chi connectivity index (χ4v) is 7.00. The Morgan fingerprint density at radius 1 is 0.721 bits per heavy atom. The van der Waals surface area contributed by atoms with Crippen molar-refractivity contribution in [3.8, 4) is 5.75 Å². The normalized spacial score (nSPS) is 12.3. The first-order valence-electron chi connectivity index (χ1n) is 14.3. The Bertz CT molecular complexity index is 1830. The van der Waals surface area contributed by atoms with E-state index in [0.29, 0.717) is 22.7 Å². The van der Waals surface area contributed by atoms with Crippen LogP contribution in [0.5, 0.6) is 5.75 Å². The van der Waals surface area contributed by atoms with Gasteiger partial charge in [0.15, 0.2) is 5.75 Å². The molecule has 0 spiro atoms. The minimum Gasteiger partial charge on any atom is -0.421 e. The number of benzene rings is 5. The molecule has 0 saturated carbocycles. The third kappa shape index (κ3) is 7.07. The van der Waals surface area contributed by atoms with Crippen LogP contribution in [0.1, 0.15) is 34.8 Å². The number of nitrogens with zero attached hydrogens (tertiary/aromatic N) is 4. The van der Waals surface area contributed by atoms with Gasteiger partial charge in [-0.3, -0.25) is 0 Å². The fourth-order valence-electron chi connectivity index (χ4n) is 4.87. The van der Waals surface area contributed by atoms with Crippen molar-refractivity contribution >= 4 is 49.5 Å². The minimum absolute atomic E-state index is 0.356. The summed E-state index contributed by atoms with van der Waals surface area (Å²) in [5.41, 5.74) is 5.21. The van der Waals surface area contributed by atoms with E-state index in [1.807, 2.05) is 98.8 Å². The maximum Gasteiger partial charge on any atom is 0.343 e. The summed E-state index contributed by atoms with van der Waals surface area (Å²) < 4.78 is 5.92. The molecule has 0 bridgehead atoms. The zero-order valence-corrected chi connectivity index (χ0v) is 26.1. The molecule has 0 radical (unpaired) electrons. The maximum absolute atomic E-state index is 13.2. The van der Waals surface area contributed by atoms with Crippen LogP contribution in [-0.4, -0.2) is 24.2 Å². The Morgan fingerprint density at radius 3 is 2.16 bits per heavy atom. The predicted octanol–water partition coefficient (Wildman–Crippen LogP) is 11.3. The van der Waals surface area contributed by atoms with Gasteiger partial charge >= 0.3 is 5.97 Å². The molecule has 5 rings (SSSR count). The van der Waals surface area contributed by atoms with Crippen molar-refractivity contribution in [3.63, 3.8) is 0 Å². The smallest absolute Gasteiger partial charge is 0.343 e. The average Bonchev–Trinajstić information content (AvgIpc) is 3.00. The number of rotatable bonds is 9. The van der Waals surface area contributed by atoms with Gasteiger partial charge < -0.3 is 4.74 Å². The van der Waals surface area contributed by atoms with E-state index in [2.05, 4.69) is 52.0 Å². The van der Waals surface area contributed by atoms with Crippen LogP contribution in [0.15, 0.2) is 128 Å². The van der Waals surface area contributed by atoms with Gasteiger partial charge in [0.25, 0.3) is 0 Å². The predicted molar refractivity (Wildman–Crippen MR) is 179 cm³/mol. The van der Waals surface area contributed by atoms with Gasteiger partial charge in [-0.15, -0.1) is 5.11 Å². The molecule has 218 valence electrons. The van der Waals surface area contributed by atoms with Gasteiger partial charge in [0.05, 0.1) is 22.6 Å². The summed E-state index contributed by atoms with van der Waals surface area (Å²) in [5, 5.41) is 19.8. The van der Waals surface area contributed by atoms with Crippen molar-refractivity contribution in [3.05, 3.63) is 120 Å². The van der Waals surface area contributed by atoms with Crippen molar-refractivity contribution in [2.75, 3.05) is 18.3 Å². The standard InChI is InChI=1S/C36H36N4O2S/c1-6-23-43(4,5)30-19-15-28(16-20-30)36(41)42-34-22-17-27-12-8-9-13-31(27)35(34)40-39-33-21-18-29(24-26(33)3)37-38-32-14-10-7-11-25(32)2/h7-22,24H,6,23H2,1-5H3. The molecule has 0 amide bonds. The number of fused-ring (bicyclic) bond motifs is 1. The van der Waals surface area contributed by atoms with Crippen molar-refractivity contribution < 1.29 is 9.53 Å². The van der Waals surface area contributed by atoms with Gasteiger partial charge in [0.2, 0.25) is 0 Å². The van der Waals surface area contributed by atoms with E-state index in [-0.39, 0.29) is 0 Å². The number of carbonyl (C=O) groups excluding carboxylic acids is 1. The van der Waals surface area contributed by atoms with Gasteiger partial charge in [0.1, 0.15) is 5.69 Å². The maximum atomic E-state index is 13.2. The van der Waals surface area contributed by atoms with E-state index in [0.717, 1.165) is 45.4 Å². The minimum atomic E-state index is -0.891. The number of ether oxygens (including phenoxy) is 1. The second-order valence-electron chi connectivity index (χ2n) is 10.9. The summed E-state index contributed by atoms with van der Waals surface area (Å²) in [6, 6.07) is 32.9. The lowest BCUT2D eigenvalue weighted by Crippen LogP contribution is -2.09. The Labute approximate surface area is 254 Å². The highest BCUT2D eigenvalue weighted by atomic mass is 32.3. The molecule has 7 heteroatoms. The lowest BCUT2D eigenvalue weighted by Gasteiger charge is -2.31. The summed E-state index contributed by atoms with van der Waals surface area (Å²) in [7, 11) is -0.891. The van der Waals surface area contributed by atoms with Crippen LogP contribution >= 0.6 is 10.0 Å². The molecular weight excluding hydrogens is 552 g/mol. The van der Waals surface area contributed by atoms with Gasteiger partial charge in [0, 0.05) is 5.39 Å². The zero-order chi connectivity index (χ0) is 30.4. The van der Waals surface area contributed by atoms with Gasteiger partial charge in [-0.1, -0.05) is 55.5 Å². The summed E-state index contributed by atoms with van der Waals surface area (Å²) in [6.45, 7) is 6.17. The molecule has 0 atom stereocenters. The quantitative estimate of drug-likeness (QED) is 0.0975. The molecule has 0 aliphatic carbocycles. The molecule has 43 heavy (non-hydrogen) atoms. The SMILES string of the molecule is CCCS(C)(C)c1ccc(C(=O)Oc2ccc3ccccc3c2N=Nc2ccc(N=Nc3ccccc3C)cc2C)cc1. The van der Waals surface area contributed by atoms with E-state index in [9.17, 15) is 4.79 Å². The summed E-state index contributed by atoms with van der Waals surface area (Å²) >= 11 is 0. The van der Waals surface area contributed by atoms with Crippen molar-refractivity contribution in [1.82, 2.24) is 0 Å². The lowest BCUT2D eigenvalue weighted by molar-refractivity contribution is 0.0735. The molecule has 6 nitrogen and oxygen atoms in total. The third-order valence-corrected chi connectivity index (χ3v) is 10.3. The molecule has 0 fully saturated rings. The first-order valence-corrected chi connectivity index (χ1v) is 16.9. The zero-order valence-electron chi connectivity index (χ0n) is 25.2. The largest absolute Gasteiger partial charge is 0.421 e. The van der Waals surface area contributed by atoms with Crippen molar-refractivity contribution in [1.29, 1.82) is 0 Å². The highest BCUT2D eigenvalue weighted by Crippen LogP contribution is 2.49. The van der Waals surface area contributed by atoms with Gasteiger partial charge in [-0.05, 0) is 115 Å². The second kappa shape index (κ2) is 13.1. The molecule has 5 aromatic rings. The number of aryl methyl sites for hydroxylation is 2. The molecule has 5 aromatic carbocycles. The van der Waals surface area contributed by atoms with Crippen molar-refractivity contribution in [2.24, 2.45) is 20.5 Å². The lowest BCUT2D eigenvalue weighted by atomic mass is 10.1. The second-order valence-corrected chi connectivity index (χ2v) is 14.9. The first kappa shape index (κ1) is 29.9.